The van der Waals surface area contributed by atoms with Gasteiger partial charge in [0.25, 0.3) is 5.91 Å². The standard InChI is InChI=1S/C13H17N5O.2ClH/c14-5-1-2-6-16-13(19)12-10-11(4-8-15-12)18-9-3-7-17-18;;/h3-4,7-10H,1-2,5-6,14H2,(H,16,19);2*1H. The summed E-state index contributed by atoms with van der Waals surface area (Å²) in [4.78, 5) is 16.0. The van der Waals surface area contributed by atoms with Gasteiger partial charge < -0.3 is 11.1 Å². The first-order valence-electron chi connectivity index (χ1n) is 6.25. The number of aromatic nitrogens is 3. The molecule has 21 heavy (non-hydrogen) atoms. The molecule has 0 unspecified atom stereocenters. The number of nitrogens with zero attached hydrogens (tertiary/aromatic N) is 3. The highest BCUT2D eigenvalue weighted by molar-refractivity contribution is 5.92. The number of nitrogens with two attached hydrogens (primary N) is 1. The first-order chi connectivity index (χ1) is 9.31. The lowest BCUT2D eigenvalue weighted by atomic mass is 10.3. The number of hydrogen-bond acceptors (Lipinski definition) is 4. The summed E-state index contributed by atoms with van der Waals surface area (Å²) in [6.45, 7) is 1.26. The van der Waals surface area contributed by atoms with E-state index in [9.17, 15) is 4.79 Å². The Morgan fingerprint density at radius 3 is 2.76 bits per heavy atom. The third kappa shape index (κ3) is 5.71. The van der Waals surface area contributed by atoms with Gasteiger partial charge in [-0.2, -0.15) is 5.10 Å². The average Bonchev–Trinajstić information content (AvgIpc) is 2.98. The minimum atomic E-state index is -0.175. The van der Waals surface area contributed by atoms with Crippen LogP contribution in [-0.2, 0) is 0 Å². The molecule has 8 heteroatoms. The van der Waals surface area contributed by atoms with Crippen LogP contribution in [0, 0.1) is 0 Å². The predicted molar refractivity (Wildman–Crippen MR) is 86.5 cm³/mol. The summed E-state index contributed by atoms with van der Waals surface area (Å²) in [6.07, 6.45) is 6.89. The van der Waals surface area contributed by atoms with Crippen molar-refractivity contribution in [1.29, 1.82) is 0 Å². The Kier molecular flexibility index (Phi) is 9.36. The zero-order valence-corrected chi connectivity index (χ0v) is 13.1. The van der Waals surface area contributed by atoms with E-state index in [2.05, 4.69) is 15.4 Å². The Labute approximate surface area is 135 Å². The minimum Gasteiger partial charge on any atom is -0.351 e. The minimum absolute atomic E-state index is 0. The summed E-state index contributed by atoms with van der Waals surface area (Å²) < 4.78 is 1.69. The molecule has 0 atom stereocenters. The van der Waals surface area contributed by atoms with Crippen LogP contribution in [-0.4, -0.2) is 33.8 Å². The van der Waals surface area contributed by atoms with Gasteiger partial charge in [0.15, 0.2) is 0 Å². The van der Waals surface area contributed by atoms with E-state index in [0.717, 1.165) is 18.5 Å². The summed E-state index contributed by atoms with van der Waals surface area (Å²) >= 11 is 0. The molecule has 0 aliphatic carbocycles. The van der Waals surface area contributed by atoms with Crippen LogP contribution in [0.5, 0.6) is 0 Å². The van der Waals surface area contributed by atoms with Crippen LogP contribution in [0.15, 0.2) is 36.8 Å². The molecular weight excluding hydrogens is 313 g/mol. The third-order valence-electron chi connectivity index (χ3n) is 2.66. The number of carbonyl (C=O) groups excluding carboxylic acids is 1. The summed E-state index contributed by atoms with van der Waals surface area (Å²) in [5.41, 5.74) is 6.60. The molecule has 2 rings (SSSR count). The molecule has 0 saturated heterocycles. The lowest BCUT2D eigenvalue weighted by Crippen LogP contribution is -2.25. The number of carbonyl (C=O) groups is 1. The topological polar surface area (TPSA) is 85.8 Å². The van der Waals surface area contributed by atoms with Crippen molar-refractivity contribution in [3.63, 3.8) is 0 Å². The normalized spacial score (nSPS) is 9.38. The Bertz CT molecular complexity index is 533. The Hall–Kier alpha value is -1.63. The highest BCUT2D eigenvalue weighted by Gasteiger charge is 2.07. The SMILES string of the molecule is Cl.Cl.NCCCCNC(=O)c1cc(-n2cccn2)ccn1. The first-order valence-corrected chi connectivity index (χ1v) is 6.25. The van der Waals surface area contributed by atoms with Crippen molar-refractivity contribution >= 4 is 30.7 Å². The van der Waals surface area contributed by atoms with E-state index in [1.54, 1.807) is 29.2 Å². The molecule has 0 aliphatic rings. The van der Waals surface area contributed by atoms with Gasteiger partial charge in [-0.15, -0.1) is 24.8 Å². The molecule has 6 nitrogen and oxygen atoms in total. The number of unbranched alkanes of at least 4 members (excludes halogenated alkanes) is 1. The fourth-order valence-electron chi connectivity index (χ4n) is 1.67. The van der Waals surface area contributed by atoms with Crippen molar-refractivity contribution in [2.24, 2.45) is 5.73 Å². The molecule has 0 radical (unpaired) electrons. The molecule has 0 aliphatic heterocycles. The van der Waals surface area contributed by atoms with Crippen molar-refractivity contribution in [3.05, 3.63) is 42.5 Å². The Morgan fingerprint density at radius 1 is 1.29 bits per heavy atom. The van der Waals surface area contributed by atoms with Crippen molar-refractivity contribution in [2.45, 2.75) is 12.8 Å². The number of hydrogen-bond donors (Lipinski definition) is 2. The smallest absolute Gasteiger partial charge is 0.269 e. The van der Waals surface area contributed by atoms with Gasteiger partial charge in [0.05, 0.1) is 5.69 Å². The zero-order chi connectivity index (χ0) is 13.5. The second-order valence-electron chi connectivity index (χ2n) is 4.10. The van der Waals surface area contributed by atoms with Crippen LogP contribution < -0.4 is 11.1 Å². The third-order valence-corrected chi connectivity index (χ3v) is 2.66. The monoisotopic (exact) mass is 331 g/mol. The van der Waals surface area contributed by atoms with Crippen LogP contribution in [0.2, 0.25) is 0 Å². The van der Waals surface area contributed by atoms with Crippen molar-refractivity contribution < 1.29 is 4.79 Å². The number of nitrogens with one attached hydrogen (secondary N) is 1. The van der Waals surface area contributed by atoms with Gasteiger partial charge in [0, 0.05) is 25.1 Å². The molecule has 1 amide bonds. The van der Waals surface area contributed by atoms with Crippen LogP contribution in [0.25, 0.3) is 5.69 Å². The second-order valence-corrected chi connectivity index (χ2v) is 4.10. The van der Waals surface area contributed by atoms with Gasteiger partial charge in [-0.25, -0.2) is 4.68 Å². The molecule has 0 saturated carbocycles. The van der Waals surface area contributed by atoms with Crippen molar-refractivity contribution in [1.82, 2.24) is 20.1 Å². The van der Waals surface area contributed by atoms with E-state index in [4.69, 9.17) is 5.73 Å². The summed E-state index contributed by atoms with van der Waals surface area (Å²) in [5, 5.41) is 6.94. The van der Waals surface area contributed by atoms with Crippen LogP contribution in [0.1, 0.15) is 23.3 Å². The number of rotatable bonds is 6. The number of halogens is 2. The molecule has 116 valence electrons. The molecule has 2 heterocycles. The second kappa shape index (κ2) is 10.1. The van der Waals surface area contributed by atoms with E-state index in [0.29, 0.717) is 18.8 Å². The van der Waals surface area contributed by atoms with Gasteiger partial charge in [-0.05, 0) is 37.6 Å². The predicted octanol–water partition coefficient (Wildman–Crippen LogP) is 1.58. The van der Waals surface area contributed by atoms with E-state index in [-0.39, 0.29) is 30.7 Å². The molecule has 0 aromatic carbocycles. The fourth-order valence-corrected chi connectivity index (χ4v) is 1.67. The van der Waals surface area contributed by atoms with Crippen LogP contribution in [0.3, 0.4) is 0 Å². The van der Waals surface area contributed by atoms with Gasteiger partial charge in [-0.3, -0.25) is 9.78 Å². The first kappa shape index (κ1) is 19.4. The summed E-state index contributed by atoms with van der Waals surface area (Å²) in [7, 11) is 0. The summed E-state index contributed by atoms with van der Waals surface area (Å²) in [5.74, 6) is -0.175. The highest BCUT2D eigenvalue weighted by Crippen LogP contribution is 2.06. The van der Waals surface area contributed by atoms with E-state index < -0.39 is 0 Å². The molecule has 3 N–H and O–H groups in total. The molecular formula is C13H19Cl2N5O. The van der Waals surface area contributed by atoms with Gasteiger partial charge in [0.1, 0.15) is 5.69 Å². The van der Waals surface area contributed by atoms with Gasteiger partial charge >= 0.3 is 0 Å². The van der Waals surface area contributed by atoms with Crippen molar-refractivity contribution in [2.75, 3.05) is 13.1 Å². The quantitative estimate of drug-likeness (QED) is 0.787. The van der Waals surface area contributed by atoms with Crippen LogP contribution in [0.4, 0.5) is 0 Å². The zero-order valence-electron chi connectivity index (χ0n) is 11.4. The number of pyridine rings is 1. The Morgan fingerprint density at radius 2 is 2.10 bits per heavy atom. The Balaban J connectivity index is 0.00000200. The van der Waals surface area contributed by atoms with E-state index in [1.165, 1.54) is 0 Å². The van der Waals surface area contributed by atoms with E-state index in [1.807, 2.05) is 12.3 Å². The van der Waals surface area contributed by atoms with Crippen LogP contribution >= 0.6 is 24.8 Å². The lowest BCUT2D eigenvalue weighted by Gasteiger charge is -2.06. The molecule has 0 fully saturated rings. The lowest BCUT2D eigenvalue weighted by molar-refractivity contribution is 0.0948. The molecule has 2 aromatic rings. The molecule has 2 aromatic heterocycles. The highest BCUT2D eigenvalue weighted by atomic mass is 35.5. The maximum Gasteiger partial charge on any atom is 0.269 e. The number of amides is 1. The fraction of sp³-hybridized carbons (Fsp3) is 0.308. The molecule has 0 bridgehead atoms. The largest absolute Gasteiger partial charge is 0.351 e. The van der Waals surface area contributed by atoms with Crippen molar-refractivity contribution in [3.8, 4) is 5.69 Å². The maximum absolute atomic E-state index is 11.9. The van der Waals surface area contributed by atoms with Gasteiger partial charge in [-0.1, -0.05) is 0 Å². The molecule has 0 spiro atoms. The van der Waals surface area contributed by atoms with E-state index >= 15 is 0 Å². The summed E-state index contributed by atoms with van der Waals surface area (Å²) in [6, 6.07) is 5.34. The maximum atomic E-state index is 11.9. The average molecular weight is 332 g/mol. The van der Waals surface area contributed by atoms with Gasteiger partial charge in [0.2, 0.25) is 0 Å².